The number of carbonyl (C=O) groups is 5. The minimum Gasteiger partial charge on any atom is -0.363 e. The number of Topliss-reactive ketones (excluding diaryl/α,β-unsaturated/α-hetero) is 2. The highest BCUT2D eigenvalue weighted by molar-refractivity contribution is 6.51. The highest BCUT2D eigenvalue weighted by Gasteiger charge is 2.73. The van der Waals surface area contributed by atoms with E-state index in [0.29, 0.717) is 6.42 Å². The average Bonchev–Trinajstić information content (AvgIpc) is 3.55. The van der Waals surface area contributed by atoms with Gasteiger partial charge in [0.2, 0.25) is 11.7 Å². The molecule has 3 rings (SSSR count). The number of nitrogens with zero attached hydrogens (tertiary/aromatic N) is 1. The second kappa shape index (κ2) is 9.78. The van der Waals surface area contributed by atoms with Crippen LogP contribution in [0.3, 0.4) is 0 Å². The molecule has 11 heteroatoms. The Morgan fingerprint density at radius 3 is 2.11 bits per heavy atom. The third-order valence-corrected chi connectivity index (χ3v) is 8.26. The van der Waals surface area contributed by atoms with E-state index in [4.69, 9.17) is 28.9 Å². The Kier molecular flexibility index (Phi) is 7.80. The van der Waals surface area contributed by atoms with Crippen molar-refractivity contribution < 1.29 is 24.0 Å². The van der Waals surface area contributed by atoms with Crippen molar-refractivity contribution in [1.29, 1.82) is 0 Å². The van der Waals surface area contributed by atoms with Crippen molar-refractivity contribution in [2.24, 2.45) is 34.8 Å². The van der Waals surface area contributed by atoms with Crippen LogP contribution in [0, 0.1) is 29.1 Å². The van der Waals surface area contributed by atoms with Crippen molar-refractivity contribution >= 4 is 52.6 Å². The molecule has 0 aromatic carbocycles. The zero-order valence-electron chi connectivity index (χ0n) is 21.8. The van der Waals surface area contributed by atoms with Gasteiger partial charge in [-0.25, -0.2) is 4.79 Å². The normalized spacial score (nSPS) is 26.4. The van der Waals surface area contributed by atoms with E-state index in [-0.39, 0.29) is 30.6 Å². The zero-order valence-corrected chi connectivity index (χ0v) is 23.3. The number of nitrogens with one attached hydrogen (secondary N) is 2. The maximum atomic E-state index is 13.8. The molecule has 202 valence electrons. The Labute approximate surface area is 222 Å². The molecule has 0 aromatic rings. The van der Waals surface area contributed by atoms with Crippen LogP contribution in [0.15, 0.2) is 0 Å². The number of primary amides is 1. The molecular weight excluding hydrogens is 507 g/mol. The van der Waals surface area contributed by atoms with Crippen LogP contribution in [0.5, 0.6) is 0 Å². The first-order valence-electron chi connectivity index (χ1n) is 12.5. The molecule has 0 bridgehead atoms. The van der Waals surface area contributed by atoms with Gasteiger partial charge in [0.15, 0.2) is 5.78 Å². The van der Waals surface area contributed by atoms with Gasteiger partial charge in [0.05, 0.1) is 6.04 Å². The van der Waals surface area contributed by atoms with Crippen molar-refractivity contribution in [3.05, 3.63) is 0 Å². The van der Waals surface area contributed by atoms with Crippen molar-refractivity contribution in [3.8, 4) is 0 Å². The number of amides is 4. The summed E-state index contributed by atoms with van der Waals surface area (Å²) in [7, 11) is 0. The fourth-order valence-corrected chi connectivity index (χ4v) is 5.96. The van der Waals surface area contributed by atoms with E-state index < -0.39 is 62.8 Å². The zero-order chi connectivity index (χ0) is 27.4. The van der Waals surface area contributed by atoms with Crippen LogP contribution < -0.4 is 16.4 Å². The fraction of sp³-hybridized carbons (Fsp3) is 0.800. The number of rotatable bonds is 9. The molecule has 3 fully saturated rings. The van der Waals surface area contributed by atoms with E-state index in [2.05, 4.69) is 10.6 Å². The first-order chi connectivity index (χ1) is 16.3. The smallest absolute Gasteiger partial charge is 0.315 e. The van der Waals surface area contributed by atoms with Gasteiger partial charge in [0.1, 0.15) is 10.4 Å². The van der Waals surface area contributed by atoms with E-state index >= 15 is 0 Å². The fourth-order valence-electron chi connectivity index (χ4n) is 5.13. The number of alkyl halides is 2. The summed E-state index contributed by atoms with van der Waals surface area (Å²) < 4.78 is -1.15. The first-order valence-corrected chi connectivity index (χ1v) is 13.2. The molecule has 9 nitrogen and oxygen atoms in total. The lowest BCUT2D eigenvalue weighted by atomic mass is 9.84. The standard InChI is InChI=1S/C25H38Cl2N4O5/c1-23(2,3)19(29-22(36)30-24(4,5)6)21(35)31-11-14-16(25(14,26)27)17(31)15(32)10-13(9-12-7-8-12)18(33)20(28)34/h12-14,16-17,19H,7-11H2,1-6H3,(H2,28,34)(H2,29,30,36)/t13?,14-,16-,17+,19+/m0/s1. The third kappa shape index (κ3) is 6.33. The Bertz CT molecular complexity index is 951. The van der Waals surface area contributed by atoms with E-state index in [1.54, 1.807) is 0 Å². The number of carbonyl (C=O) groups excluding carboxylic acids is 5. The minimum absolute atomic E-state index is 0.166. The van der Waals surface area contributed by atoms with Gasteiger partial charge in [-0.05, 0) is 38.5 Å². The second-order valence-electron chi connectivity index (χ2n) is 12.7. The highest BCUT2D eigenvalue weighted by atomic mass is 35.5. The summed E-state index contributed by atoms with van der Waals surface area (Å²) in [5.41, 5.74) is 4.07. The third-order valence-electron chi connectivity index (χ3n) is 7.20. The molecule has 2 aliphatic carbocycles. The van der Waals surface area contributed by atoms with E-state index in [1.807, 2.05) is 41.5 Å². The number of nitrogens with two attached hydrogens (primary N) is 1. The Morgan fingerprint density at radius 2 is 1.64 bits per heavy atom. The van der Waals surface area contributed by atoms with Gasteiger partial charge >= 0.3 is 6.03 Å². The van der Waals surface area contributed by atoms with Gasteiger partial charge in [-0.2, -0.15) is 0 Å². The number of likely N-dealkylation sites (tertiary alicyclic amines) is 1. The molecule has 36 heavy (non-hydrogen) atoms. The maximum Gasteiger partial charge on any atom is 0.315 e. The van der Waals surface area contributed by atoms with Crippen molar-refractivity contribution in [3.63, 3.8) is 0 Å². The molecule has 0 radical (unpaired) electrons. The van der Waals surface area contributed by atoms with Crippen LogP contribution >= 0.6 is 23.2 Å². The quantitative estimate of drug-likeness (QED) is 0.302. The molecule has 5 atom stereocenters. The number of ketones is 2. The summed E-state index contributed by atoms with van der Waals surface area (Å²) in [5, 5.41) is 5.57. The van der Waals surface area contributed by atoms with Crippen LogP contribution in [0.25, 0.3) is 0 Å². The molecule has 1 heterocycles. The second-order valence-corrected chi connectivity index (χ2v) is 14.1. The van der Waals surface area contributed by atoms with Crippen LogP contribution in [-0.2, 0) is 19.2 Å². The minimum atomic E-state index is -1.15. The molecule has 2 saturated carbocycles. The SMILES string of the molecule is CC(C)(C)NC(=O)N[C@H](C(=O)N1C[C@H]2[C@@H]([C@H]1C(=O)CC(CC1CC1)C(=O)C(N)=O)C2(Cl)Cl)C(C)(C)C. The van der Waals surface area contributed by atoms with Crippen molar-refractivity contribution in [2.45, 2.75) is 89.2 Å². The van der Waals surface area contributed by atoms with Gasteiger partial charge in [-0.3, -0.25) is 19.2 Å². The lowest BCUT2D eigenvalue weighted by Crippen LogP contribution is -2.60. The summed E-state index contributed by atoms with van der Waals surface area (Å²) in [6, 6.07) is -2.37. The number of urea groups is 1. The number of piperidine rings is 1. The average molecular weight is 546 g/mol. The largest absolute Gasteiger partial charge is 0.363 e. The predicted octanol–water partition coefficient (Wildman–Crippen LogP) is 2.56. The first kappa shape index (κ1) is 28.7. The van der Waals surface area contributed by atoms with E-state index in [9.17, 15) is 24.0 Å². The van der Waals surface area contributed by atoms with Crippen LogP contribution in [-0.4, -0.2) is 62.8 Å². The summed E-state index contributed by atoms with van der Waals surface area (Å²) >= 11 is 12.9. The summed E-state index contributed by atoms with van der Waals surface area (Å²) in [6.45, 7) is 11.1. The number of halogens is 2. The summed E-state index contributed by atoms with van der Waals surface area (Å²) in [5.74, 6) is -3.93. The summed E-state index contributed by atoms with van der Waals surface area (Å²) in [4.78, 5) is 65.5. The van der Waals surface area contributed by atoms with Crippen LogP contribution in [0.1, 0.15) is 67.2 Å². The molecule has 4 amide bonds. The molecule has 1 aliphatic heterocycles. The Balaban J connectivity index is 1.83. The van der Waals surface area contributed by atoms with Crippen molar-refractivity contribution in [2.75, 3.05) is 6.54 Å². The van der Waals surface area contributed by atoms with E-state index in [1.165, 1.54) is 4.90 Å². The predicted molar refractivity (Wildman–Crippen MR) is 136 cm³/mol. The van der Waals surface area contributed by atoms with Gasteiger partial charge in [-0.1, -0.05) is 33.6 Å². The number of hydrogen-bond acceptors (Lipinski definition) is 5. The van der Waals surface area contributed by atoms with Gasteiger partial charge in [-0.15, -0.1) is 23.2 Å². The molecule has 4 N–H and O–H groups in total. The van der Waals surface area contributed by atoms with Gasteiger partial charge < -0.3 is 21.3 Å². The van der Waals surface area contributed by atoms with Crippen molar-refractivity contribution in [1.82, 2.24) is 15.5 Å². The summed E-state index contributed by atoms with van der Waals surface area (Å²) in [6.07, 6.45) is 2.08. The lowest BCUT2D eigenvalue weighted by Gasteiger charge is -2.38. The maximum absolute atomic E-state index is 13.8. The van der Waals surface area contributed by atoms with Gasteiger partial charge in [0, 0.05) is 36.3 Å². The molecule has 1 unspecified atom stereocenters. The molecule has 1 saturated heterocycles. The van der Waals surface area contributed by atoms with Crippen LogP contribution in [0.2, 0.25) is 0 Å². The topological polar surface area (TPSA) is 139 Å². The monoisotopic (exact) mass is 544 g/mol. The Morgan fingerprint density at radius 1 is 1.06 bits per heavy atom. The molecule has 0 aromatic heterocycles. The number of fused-ring (bicyclic) bond motifs is 1. The molecule has 3 aliphatic rings. The van der Waals surface area contributed by atoms with E-state index in [0.717, 1.165) is 12.8 Å². The van der Waals surface area contributed by atoms with Gasteiger partial charge in [0.25, 0.3) is 5.91 Å². The molecule has 0 spiro atoms. The lowest BCUT2D eigenvalue weighted by molar-refractivity contribution is -0.144. The number of hydrogen-bond donors (Lipinski definition) is 3. The highest BCUT2D eigenvalue weighted by Crippen LogP contribution is 2.65. The Hall–Kier alpha value is -1.87. The molecular formula is C25H38Cl2N4O5. The van der Waals surface area contributed by atoms with Crippen LogP contribution in [0.4, 0.5) is 4.79 Å².